The molecule has 0 aromatic carbocycles. The van der Waals surface area contributed by atoms with Gasteiger partial charge in [0.2, 0.25) is 0 Å². The molecule has 78 valence electrons. The number of ether oxygens (including phenoxy) is 3. The van der Waals surface area contributed by atoms with Crippen molar-refractivity contribution in [3.8, 4) is 0 Å². The van der Waals surface area contributed by atoms with Gasteiger partial charge < -0.3 is 14.2 Å². The first-order valence-corrected chi connectivity index (χ1v) is 16.1. The fraction of sp³-hybridized carbons (Fsp3) is 0.500. The van der Waals surface area contributed by atoms with Gasteiger partial charge in [0.05, 0.1) is 14.2 Å². The summed E-state index contributed by atoms with van der Waals surface area (Å²) >= 11 is 7.39. The van der Waals surface area contributed by atoms with E-state index in [4.69, 9.17) is 0 Å². The SMILES string of the molecule is COC(=O)OC(=O)OC.[I][V]([I])[I]. The number of halogens is 3. The summed E-state index contributed by atoms with van der Waals surface area (Å²) in [4.78, 5) is 19.8. The van der Waals surface area contributed by atoms with Crippen LogP contribution in [0.4, 0.5) is 9.59 Å². The summed E-state index contributed by atoms with van der Waals surface area (Å²) < 4.78 is 11.7. The second-order valence-corrected chi connectivity index (χ2v) is 36.6. The Morgan fingerprint density at radius 1 is 1.00 bits per heavy atom. The molecule has 0 saturated heterocycles. The molecule has 0 aromatic rings. The third kappa shape index (κ3) is 19.8. The number of hydrogen-bond acceptors (Lipinski definition) is 5. The summed E-state index contributed by atoms with van der Waals surface area (Å²) in [5.74, 6) is 0. The molecule has 0 aliphatic carbocycles. The van der Waals surface area contributed by atoms with Crippen molar-refractivity contribution in [3.63, 3.8) is 0 Å². The second-order valence-electron chi connectivity index (χ2n) is 1.20. The van der Waals surface area contributed by atoms with E-state index in [0.29, 0.717) is 0 Å². The van der Waals surface area contributed by atoms with Gasteiger partial charge in [-0.2, -0.15) is 0 Å². The van der Waals surface area contributed by atoms with Crippen LogP contribution in [0.25, 0.3) is 0 Å². The fourth-order valence-corrected chi connectivity index (χ4v) is 0.151. The standard InChI is InChI=1S/C4H6O5.3HI.V/c1-7-3(5)9-4(6)8-2;;;;/h1-2H3;3*1H;/q;;;;+3/p-3. The van der Waals surface area contributed by atoms with Gasteiger partial charge in [0.1, 0.15) is 0 Å². The number of carbonyl (C=O) groups is 2. The Bertz CT molecular complexity index is 147. The van der Waals surface area contributed by atoms with E-state index in [2.05, 4.69) is 74.1 Å². The second kappa shape index (κ2) is 11.6. The van der Waals surface area contributed by atoms with Gasteiger partial charge in [-0.25, -0.2) is 9.59 Å². The van der Waals surface area contributed by atoms with Crippen molar-refractivity contribution >= 4 is 72.2 Å². The average molecular weight is 566 g/mol. The topological polar surface area (TPSA) is 61.8 Å². The molecular weight excluding hydrogens is 560 g/mol. The molecule has 0 fully saturated rings. The van der Waals surface area contributed by atoms with Crippen LogP contribution in [0, 0.1) is 0 Å². The van der Waals surface area contributed by atoms with Crippen molar-refractivity contribution in [2.24, 2.45) is 0 Å². The van der Waals surface area contributed by atoms with Gasteiger partial charge in [-0.15, -0.1) is 0 Å². The van der Waals surface area contributed by atoms with Crippen molar-refractivity contribution in [2.75, 3.05) is 14.2 Å². The van der Waals surface area contributed by atoms with Gasteiger partial charge in [-0.3, -0.25) is 0 Å². The van der Waals surface area contributed by atoms with Gasteiger partial charge in [0.25, 0.3) is 0 Å². The first-order chi connectivity index (χ1) is 5.93. The molecule has 0 saturated carbocycles. The molecule has 13 heavy (non-hydrogen) atoms. The molecule has 9 heteroatoms. The molecule has 0 N–H and O–H groups in total. The van der Waals surface area contributed by atoms with Gasteiger partial charge in [0, 0.05) is 0 Å². The molecule has 0 spiro atoms. The summed E-state index contributed by atoms with van der Waals surface area (Å²) in [5, 5.41) is 0. The van der Waals surface area contributed by atoms with Crippen molar-refractivity contribution in [3.05, 3.63) is 0 Å². The normalized spacial score (nSPS) is 8.15. The van der Waals surface area contributed by atoms with Crippen LogP contribution in [-0.4, -0.2) is 26.5 Å². The molecule has 0 unspecified atom stereocenters. The predicted molar refractivity (Wildman–Crippen MR) is 68.0 cm³/mol. The molecular formula is C4H6I3O5V. The van der Waals surface area contributed by atoms with Crippen LogP contribution in [0.15, 0.2) is 0 Å². The van der Waals surface area contributed by atoms with Gasteiger partial charge in [-0.1, -0.05) is 0 Å². The van der Waals surface area contributed by atoms with E-state index >= 15 is 0 Å². The van der Waals surface area contributed by atoms with Crippen LogP contribution in [-0.2, 0) is 19.1 Å². The maximum atomic E-state index is 10.0. The number of methoxy groups -OCH3 is 2. The van der Waals surface area contributed by atoms with Crippen LogP contribution >= 0.6 is 59.9 Å². The fourth-order valence-electron chi connectivity index (χ4n) is 0.151. The molecule has 0 heterocycles. The van der Waals surface area contributed by atoms with Gasteiger partial charge >= 0.3 is 77.2 Å². The van der Waals surface area contributed by atoms with Gasteiger partial charge in [0.15, 0.2) is 0 Å². The predicted octanol–water partition coefficient (Wildman–Crippen LogP) is 3.19. The van der Waals surface area contributed by atoms with Crippen molar-refractivity contribution in [2.45, 2.75) is 0 Å². The summed E-state index contributed by atoms with van der Waals surface area (Å²) in [6.45, 7) is 0. The molecule has 5 nitrogen and oxygen atoms in total. The molecule has 0 aliphatic heterocycles. The Balaban J connectivity index is 0. The van der Waals surface area contributed by atoms with E-state index in [9.17, 15) is 9.59 Å². The van der Waals surface area contributed by atoms with E-state index in [1.165, 1.54) is 0 Å². The van der Waals surface area contributed by atoms with Crippen LogP contribution in [0.1, 0.15) is 0 Å². The molecule has 0 aromatic heterocycles. The number of rotatable bonds is 0. The third-order valence-electron chi connectivity index (χ3n) is 0.500. The summed E-state index contributed by atoms with van der Waals surface area (Å²) in [6, 6.07) is 0. The zero-order chi connectivity index (χ0) is 10.9. The monoisotopic (exact) mass is 566 g/mol. The quantitative estimate of drug-likeness (QED) is 0.257. The molecule has 0 aliphatic rings. The van der Waals surface area contributed by atoms with Crippen LogP contribution < -0.4 is 0 Å². The first-order valence-electron chi connectivity index (χ1n) is 2.55. The minimum absolute atomic E-state index is 0.278. The molecule has 0 bridgehead atoms. The van der Waals surface area contributed by atoms with Crippen molar-refractivity contribution < 1.29 is 28.7 Å². The van der Waals surface area contributed by atoms with Crippen LogP contribution in [0.5, 0.6) is 0 Å². The molecule has 0 rings (SSSR count). The third-order valence-corrected chi connectivity index (χ3v) is 0.500. The molecule has 0 radical (unpaired) electrons. The van der Waals surface area contributed by atoms with E-state index in [-0.39, 0.29) is 4.92 Å². The number of carbonyl (C=O) groups excluding carboxylic acids is 2. The van der Waals surface area contributed by atoms with E-state index in [1.807, 2.05) is 0 Å². The first kappa shape index (κ1) is 16.9. The zero-order valence-electron chi connectivity index (χ0n) is 6.62. The van der Waals surface area contributed by atoms with E-state index < -0.39 is 12.3 Å². The van der Waals surface area contributed by atoms with E-state index in [0.717, 1.165) is 14.2 Å². The maximum absolute atomic E-state index is 10.0. The summed E-state index contributed by atoms with van der Waals surface area (Å²) in [6.07, 6.45) is -2.16. The zero-order valence-corrected chi connectivity index (χ0v) is 14.5. The Hall–Kier alpha value is 1.51. The molecule has 0 atom stereocenters. The van der Waals surface area contributed by atoms with Gasteiger partial charge in [-0.05, 0) is 0 Å². The van der Waals surface area contributed by atoms with Crippen molar-refractivity contribution in [1.29, 1.82) is 0 Å². The minimum atomic E-state index is -1.08. The Morgan fingerprint density at radius 3 is 1.38 bits per heavy atom. The number of hydrogen-bond donors (Lipinski definition) is 0. The molecule has 0 amide bonds. The Labute approximate surface area is 113 Å². The average Bonchev–Trinajstić information content (AvgIpc) is 2.03. The summed E-state index contributed by atoms with van der Waals surface area (Å²) in [5.41, 5.74) is 0. The Kier molecular flexibility index (Phi) is 15.1. The summed E-state index contributed by atoms with van der Waals surface area (Å²) in [7, 11) is 2.18. The van der Waals surface area contributed by atoms with Crippen molar-refractivity contribution in [1.82, 2.24) is 0 Å². The van der Waals surface area contributed by atoms with Crippen LogP contribution in [0.3, 0.4) is 0 Å². The van der Waals surface area contributed by atoms with E-state index in [1.54, 1.807) is 0 Å². The Morgan fingerprint density at radius 2 is 1.23 bits per heavy atom. The van der Waals surface area contributed by atoms with Crippen LogP contribution in [0.2, 0.25) is 0 Å².